The molecule has 3 N–H and O–H groups in total. The molecule has 0 saturated heterocycles. The third-order valence-corrected chi connectivity index (χ3v) is 3.45. The number of nitrogens with one attached hydrogen (secondary N) is 1. The second-order valence-corrected chi connectivity index (χ2v) is 5.56. The van der Waals surface area contributed by atoms with Crippen molar-refractivity contribution in [3.63, 3.8) is 0 Å². The third-order valence-electron chi connectivity index (χ3n) is 3.45. The maximum atomic E-state index is 11.8. The van der Waals surface area contributed by atoms with Gasteiger partial charge in [0.2, 0.25) is 5.91 Å². The summed E-state index contributed by atoms with van der Waals surface area (Å²) in [5.41, 5.74) is 6.06. The first-order valence-electron chi connectivity index (χ1n) is 6.90. The second kappa shape index (κ2) is 6.13. The van der Waals surface area contributed by atoms with Crippen LogP contribution >= 0.6 is 0 Å². The predicted molar refractivity (Wildman–Crippen MR) is 78.6 cm³/mol. The minimum Gasteiger partial charge on any atom is -0.484 e. The highest BCUT2D eigenvalue weighted by Gasteiger charge is 2.45. The van der Waals surface area contributed by atoms with E-state index in [1.165, 1.54) is 4.90 Å². The van der Waals surface area contributed by atoms with Crippen LogP contribution in [0.25, 0.3) is 0 Å². The quantitative estimate of drug-likeness (QED) is 0.787. The van der Waals surface area contributed by atoms with Gasteiger partial charge < -0.3 is 20.7 Å². The van der Waals surface area contributed by atoms with Crippen LogP contribution in [0.15, 0.2) is 24.3 Å². The molecule has 0 radical (unpaired) electrons. The van der Waals surface area contributed by atoms with Gasteiger partial charge in [0.1, 0.15) is 5.75 Å². The Labute approximate surface area is 124 Å². The van der Waals surface area contributed by atoms with E-state index in [1.807, 2.05) is 12.1 Å². The van der Waals surface area contributed by atoms with Gasteiger partial charge in [-0.3, -0.25) is 9.59 Å². The zero-order valence-electron chi connectivity index (χ0n) is 12.4. The molecule has 114 valence electrons. The molecule has 1 aromatic rings. The molecule has 0 unspecified atom stereocenters. The summed E-state index contributed by atoms with van der Waals surface area (Å²) in [6.07, 6.45) is 1.49. The van der Waals surface area contributed by atoms with E-state index in [0.29, 0.717) is 12.3 Å². The topological polar surface area (TPSA) is 84.7 Å². The van der Waals surface area contributed by atoms with E-state index >= 15 is 0 Å². The molecule has 0 heterocycles. The van der Waals surface area contributed by atoms with E-state index in [1.54, 1.807) is 26.2 Å². The van der Waals surface area contributed by atoms with Gasteiger partial charge in [-0.15, -0.1) is 0 Å². The van der Waals surface area contributed by atoms with Crippen molar-refractivity contribution >= 4 is 11.8 Å². The Morgan fingerprint density at radius 1 is 1.38 bits per heavy atom. The van der Waals surface area contributed by atoms with E-state index in [0.717, 1.165) is 18.4 Å². The number of carbonyl (C=O) groups excluding carboxylic acids is 2. The number of ether oxygens (including phenoxy) is 1. The van der Waals surface area contributed by atoms with Crippen molar-refractivity contribution in [1.82, 2.24) is 10.2 Å². The lowest BCUT2D eigenvalue weighted by molar-refractivity contribution is -0.130. The normalized spacial score (nSPS) is 15.2. The van der Waals surface area contributed by atoms with Crippen molar-refractivity contribution < 1.29 is 14.3 Å². The summed E-state index contributed by atoms with van der Waals surface area (Å²) in [7, 11) is 3.36. The molecule has 2 rings (SSSR count). The Hall–Kier alpha value is -2.08. The predicted octanol–water partition coefficient (Wildman–Crippen LogP) is 0.261. The van der Waals surface area contributed by atoms with Crippen LogP contribution in [-0.4, -0.2) is 43.0 Å². The summed E-state index contributed by atoms with van der Waals surface area (Å²) in [5, 5.41) is 2.82. The number of rotatable bonds is 6. The van der Waals surface area contributed by atoms with Crippen LogP contribution in [0.1, 0.15) is 18.4 Å². The van der Waals surface area contributed by atoms with E-state index in [9.17, 15) is 9.59 Å². The van der Waals surface area contributed by atoms with Crippen LogP contribution in [0.5, 0.6) is 5.75 Å². The summed E-state index contributed by atoms with van der Waals surface area (Å²) < 4.78 is 5.43. The zero-order valence-corrected chi connectivity index (χ0v) is 12.4. The van der Waals surface area contributed by atoms with Gasteiger partial charge in [0.15, 0.2) is 6.61 Å². The fraction of sp³-hybridized carbons (Fsp3) is 0.467. The molecule has 2 amide bonds. The molecule has 1 aromatic carbocycles. The molecule has 0 bridgehead atoms. The molecular weight excluding hydrogens is 270 g/mol. The zero-order chi connectivity index (χ0) is 15.5. The molecular formula is C15H21N3O3. The van der Waals surface area contributed by atoms with Gasteiger partial charge in [0.25, 0.3) is 5.91 Å². The lowest BCUT2D eigenvalue weighted by atomic mass is 10.2. The van der Waals surface area contributed by atoms with Crippen molar-refractivity contribution in [2.75, 3.05) is 20.7 Å². The van der Waals surface area contributed by atoms with Gasteiger partial charge >= 0.3 is 0 Å². The summed E-state index contributed by atoms with van der Waals surface area (Å²) in [6.45, 7) is 0.394. The Morgan fingerprint density at radius 3 is 2.71 bits per heavy atom. The Morgan fingerprint density at radius 2 is 2.10 bits per heavy atom. The smallest absolute Gasteiger partial charge is 0.259 e. The number of hydrogen-bond donors (Lipinski definition) is 2. The van der Waals surface area contributed by atoms with E-state index in [4.69, 9.17) is 10.5 Å². The van der Waals surface area contributed by atoms with Crippen molar-refractivity contribution in [3.8, 4) is 5.75 Å². The van der Waals surface area contributed by atoms with Gasteiger partial charge in [0.05, 0.1) is 5.54 Å². The monoisotopic (exact) mass is 291 g/mol. The molecule has 1 fully saturated rings. The van der Waals surface area contributed by atoms with Gasteiger partial charge in [0, 0.05) is 20.6 Å². The van der Waals surface area contributed by atoms with E-state index in [-0.39, 0.29) is 18.4 Å². The molecule has 1 aliphatic rings. The van der Waals surface area contributed by atoms with Gasteiger partial charge in [-0.05, 0) is 30.5 Å². The molecule has 1 saturated carbocycles. The number of nitrogens with zero attached hydrogens (tertiary/aromatic N) is 1. The van der Waals surface area contributed by atoms with Crippen LogP contribution in [0.4, 0.5) is 0 Å². The molecule has 0 atom stereocenters. The minimum absolute atomic E-state index is 0.00523. The van der Waals surface area contributed by atoms with E-state index < -0.39 is 5.54 Å². The molecule has 6 nitrogen and oxygen atoms in total. The number of amides is 2. The Balaban J connectivity index is 1.85. The summed E-state index contributed by atoms with van der Waals surface area (Å²) in [5.74, 6) is 0.384. The molecule has 0 aliphatic heterocycles. The highest BCUT2D eigenvalue weighted by molar-refractivity contribution is 5.88. The van der Waals surface area contributed by atoms with Crippen molar-refractivity contribution in [2.24, 2.45) is 5.73 Å². The summed E-state index contributed by atoms with van der Waals surface area (Å²) in [6, 6.07) is 7.29. The fourth-order valence-electron chi connectivity index (χ4n) is 1.74. The average Bonchev–Trinajstić information content (AvgIpc) is 3.21. The van der Waals surface area contributed by atoms with Crippen LogP contribution in [0.3, 0.4) is 0 Å². The van der Waals surface area contributed by atoms with Crippen LogP contribution in [0.2, 0.25) is 0 Å². The van der Waals surface area contributed by atoms with Crippen LogP contribution in [0, 0.1) is 0 Å². The first-order valence-corrected chi connectivity index (χ1v) is 6.90. The Kier molecular flexibility index (Phi) is 4.47. The van der Waals surface area contributed by atoms with Crippen molar-refractivity contribution in [3.05, 3.63) is 29.8 Å². The van der Waals surface area contributed by atoms with Gasteiger partial charge in [-0.25, -0.2) is 0 Å². The second-order valence-electron chi connectivity index (χ2n) is 5.56. The fourth-order valence-corrected chi connectivity index (χ4v) is 1.74. The summed E-state index contributed by atoms with van der Waals surface area (Å²) >= 11 is 0. The minimum atomic E-state index is -0.660. The number of nitrogens with two attached hydrogens (primary N) is 1. The molecule has 6 heteroatoms. The molecule has 0 aromatic heterocycles. The maximum Gasteiger partial charge on any atom is 0.259 e. The first-order chi connectivity index (χ1) is 9.90. The lowest BCUT2D eigenvalue weighted by Crippen LogP contribution is -2.42. The number of hydrogen-bond acceptors (Lipinski definition) is 4. The maximum absolute atomic E-state index is 11.8. The lowest BCUT2D eigenvalue weighted by Gasteiger charge is -2.13. The molecule has 0 spiro atoms. The van der Waals surface area contributed by atoms with Crippen molar-refractivity contribution in [1.29, 1.82) is 0 Å². The van der Waals surface area contributed by atoms with Crippen molar-refractivity contribution in [2.45, 2.75) is 24.9 Å². The number of carbonyl (C=O) groups is 2. The van der Waals surface area contributed by atoms with Gasteiger partial charge in [-0.2, -0.15) is 0 Å². The first kappa shape index (κ1) is 15.3. The van der Waals surface area contributed by atoms with Gasteiger partial charge in [-0.1, -0.05) is 12.1 Å². The van der Waals surface area contributed by atoms with Crippen LogP contribution < -0.4 is 15.8 Å². The SMILES string of the molecule is CN(C)C(=O)COc1cccc(CNC(=O)C2(N)CC2)c1. The average molecular weight is 291 g/mol. The molecule has 1 aliphatic carbocycles. The largest absolute Gasteiger partial charge is 0.484 e. The van der Waals surface area contributed by atoms with E-state index in [2.05, 4.69) is 5.32 Å². The summed E-state index contributed by atoms with van der Waals surface area (Å²) in [4.78, 5) is 24.7. The third kappa shape index (κ3) is 4.19. The number of likely N-dealkylation sites (N-methyl/N-ethyl adjacent to an activating group) is 1. The highest BCUT2D eigenvalue weighted by atomic mass is 16.5. The highest BCUT2D eigenvalue weighted by Crippen LogP contribution is 2.32. The Bertz CT molecular complexity index is 539. The molecule has 21 heavy (non-hydrogen) atoms. The number of benzene rings is 1. The standard InChI is InChI=1S/C15H21N3O3/c1-18(2)13(19)10-21-12-5-3-4-11(8-12)9-17-14(20)15(16)6-7-15/h3-5,8H,6-7,9-10,16H2,1-2H3,(H,17,20). The van der Waals surface area contributed by atoms with Crippen LogP contribution in [-0.2, 0) is 16.1 Å².